The Morgan fingerprint density at radius 1 is 1.00 bits per heavy atom. The highest BCUT2D eigenvalue weighted by molar-refractivity contribution is 7.93. The summed E-state index contributed by atoms with van der Waals surface area (Å²) >= 11 is -2.67. The Morgan fingerprint density at radius 3 is 2.06 bits per heavy atom. The van der Waals surface area contributed by atoms with Crippen LogP contribution in [0.2, 0.25) is 0 Å². The van der Waals surface area contributed by atoms with Crippen molar-refractivity contribution >= 4 is 22.7 Å². The molecule has 1 saturated heterocycles. The Kier molecular flexibility index (Phi) is 8.14. The van der Waals surface area contributed by atoms with E-state index in [1.54, 1.807) is 0 Å². The fraction of sp³-hybridized carbons (Fsp3) is 0.444. The third-order valence-electron chi connectivity index (χ3n) is 4.20. The third-order valence-corrected chi connectivity index (χ3v) is 5.33. The molecule has 0 amide bonds. The number of halogens is 7. The van der Waals surface area contributed by atoms with Gasteiger partial charge in [0.05, 0.1) is 13.2 Å². The van der Waals surface area contributed by atoms with Gasteiger partial charge in [-0.25, -0.2) is 4.39 Å². The molecule has 188 valence electrons. The molecule has 0 bridgehead atoms. The van der Waals surface area contributed by atoms with Gasteiger partial charge >= 0.3 is 17.2 Å². The molecular weight excluding hydrogens is 501 g/mol. The number of hydrogen-bond donors (Lipinski definition) is 1. The Morgan fingerprint density at radius 2 is 1.56 bits per heavy atom. The topological polar surface area (TPSA) is 91.8 Å². The zero-order valence-electron chi connectivity index (χ0n) is 17.1. The third kappa shape index (κ3) is 7.39. The number of ether oxygens (including phenoxy) is 3. The highest BCUT2D eigenvalue weighted by Gasteiger charge is 2.36. The van der Waals surface area contributed by atoms with E-state index in [2.05, 4.69) is 24.2 Å². The molecule has 2 heterocycles. The molecule has 1 N–H and O–H groups in total. The number of rotatable bonds is 8. The number of morpholine rings is 1. The van der Waals surface area contributed by atoms with Gasteiger partial charge in [0.25, 0.3) is 11.8 Å². The maximum Gasteiger partial charge on any atom is 0.422 e. The second-order valence-corrected chi connectivity index (χ2v) is 7.90. The molecule has 1 aromatic heterocycles. The Balaban J connectivity index is 1.85. The van der Waals surface area contributed by atoms with Crippen molar-refractivity contribution in [1.29, 1.82) is 0 Å². The van der Waals surface area contributed by atoms with E-state index >= 15 is 0 Å². The smallest absolute Gasteiger partial charge is 0.422 e. The van der Waals surface area contributed by atoms with Crippen molar-refractivity contribution in [3.05, 3.63) is 30.3 Å². The molecule has 1 aromatic carbocycles. The summed E-state index contributed by atoms with van der Waals surface area (Å²) in [5, 5.41) is 0. The minimum atomic E-state index is -4.83. The molecule has 1 aliphatic rings. The van der Waals surface area contributed by atoms with Crippen molar-refractivity contribution in [2.24, 2.45) is 0 Å². The minimum absolute atomic E-state index is 0.345. The van der Waals surface area contributed by atoms with Gasteiger partial charge in [0.1, 0.15) is 23.4 Å². The molecule has 2 aromatic rings. The first-order chi connectivity index (χ1) is 15.9. The van der Waals surface area contributed by atoms with Crippen LogP contribution in [0.3, 0.4) is 0 Å². The second kappa shape index (κ2) is 10.7. The van der Waals surface area contributed by atoms with Crippen LogP contribution in [-0.2, 0) is 16.1 Å². The van der Waals surface area contributed by atoms with Gasteiger partial charge in [-0.2, -0.15) is 41.0 Å². The molecule has 1 aliphatic heterocycles. The SMILES string of the molecule is [O-][S+](Nc1ccc(N2CCOCC2)cc1F)c1c(OCC(F)(F)F)ncnc1OCC(F)(F)F. The van der Waals surface area contributed by atoms with Crippen molar-refractivity contribution < 1.29 is 49.5 Å². The normalized spacial score (nSPS) is 15.7. The van der Waals surface area contributed by atoms with Crippen LogP contribution < -0.4 is 19.1 Å². The first-order valence-electron chi connectivity index (χ1n) is 9.48. The fourth-order valence-corrected chi connectivity index (χ4v) is 3.77. The van der Waals surface area contributed by atoms with E-state index in [1.165, 1.54) is 12.1 Å². The average molecular weight is 518 g/mol. The van der Waals surface area contributed by atoms with Crippen molar-refractivity contribution in [3.8, 4) is 11.8 Å². The number of alkyl halides is 6. The molecule has 1 fully saturated rings. The first-order valence-corrected chi connectivity index (χ1v) is 10.6. The number of benzene rings is 1. The number of aromatic nitrogens is 2. The van der Waals surface area contributed by atoms with E-state index in [-0.39, 0.29) is 5.69 Å². The van der Waals surface area contributed by atoms with Crippen LogP contribution in [-0.4, -0.2) is 66.4 Å². The van der Waals surface area contributed by atoms with E-state index in [0.29, 0.717) is 38.3 Å². The summed E-state index contributed by atoms with van der Waals surface area (Å²) in [6.07, 6.45) is -9.08. The van der Waals surface area contributed by atoms with Crippen LogP contribution in [0.15, 0.2) is 29.4 Å². The van der Waals surface area contributed by atoms with Crippen LogP contribution in [0.25, 0.3) is 0 Å². The van der Waals surface area contributed by atoms with E-state index in [1.807, 2.05) is 4.90 Å². The monoisotopic (exact) mass is 518 g/mol. The average Bonchev–Trinajstić information content (AvgIpc) is 2.77. The summed E-state index contributed by atoms with van der Waals surface area (Å²) in [7, 11) is 0. The number of anilines is 2. The zero-order valence-corrected chi connectivity index (χ0v) is 17.9. The summed E-state index contributed by atoms with van der Waals surface area (Å²) in [6.45, 7) is -1.84. The van der Waals surface area contributed by atoms with Crippen molar-refractivity contribution in [1.82, 2.24) is 9.97 Å². The van der Waals surface area contributed by atoms with Gasteiger partial charge < -0.3 is 23.7 Å². The molecule has 0 spiro atoms. The van der Waals surface area contributed by atoms with Gasteiger partial charge in [0.15, 0.2) is 19.0 Å². The molecule has 16 heteroatoms. The predicted octanol–water partition coefficient (Wildman–Crippen LogP) is 3.47. The fourth-order valence-electron chi connectivity index (χ4n) is 2.76. The lowest BCUT2D eigenvalue weighted by molar-refractivity contribution is -0.155. The summed E-state index contributed by atoms with van der Waals surface area (Å²) in [5.41, 5.74) is 0.159. The van der Waals surface area contributed by atoms with E-state index in [0.717, 1.165) is 6.07 Å². The lowest BCUT2D eigenvalue weighted by Crippen LogP contribution is -2.36. The van der Waals surface area contributed by atoms with Crippen LogP contribution in [0.4, 0.5) is 42.1 Å². The van der Waals surface area contributed by atoms with Crippen molar-refractivity contribution in [3.63, 3.8) is 0 Å². The molecule has 0 saturated carbocycles. The van der Waals surface area contributed by atoms with Crippen molar-refractivity contribution in [2.45, 2.75) is 17.2 Å². The molecule has 1 atom stereocenters. The molecular formula is C18H17F7N4O4S. The van der Waals surface area contributed by atoms with E-state index < -0.39 is 59.4 Å². The highest BCUT2D eigenvalue weighted by Crippen LogP contribution is 2.34. The van der Waals surface area contributed by atoms with Gasteiger partial charge in [-0.3, -0.25) is 0 Å². The van der Waals surface area contributed by atoms with Crippen LogP contribution >= 0.6 is 0 Å². The lowest BCUT2D eigenvalue weighted by atomic mass is 10.2. The minimum Gasteiger partial charge on any atom is -0.588 e. The summed E-state index contributed by atoms with van der Waals surface area (Å²) < 4.78 is 119. The molecule has 1 unspecified atom stereocenters. The molecule has 3 rings (SSSR count). The van der Waals surface area contributed by atoms with Crippen LogP contribution in [0.1, 0.15) is 0 Å². The lowest BCUT2D eigenvalue weighted by Gasteiger charge is -2.29. The number of nitrogens with zero attached hydrogens (tertiary/aromatic N) is 3. The summed E-state index contributed by atoms with van der Waals surface area (Å²) in [6, 6.07) is 3.85. The Labute approximate surface area is 191 Å². The van der Waals surface area contributed by atoms with E-state index in [4.69, 9.17) is 4.74 Å². The summed E-state index contributed by atoms with van der Waals surface area (Å²) in [4.78, 5) is 7.80. The van der Waals surface area contributed by atoms with Gasteiger partial charge in [0, 0.05) is 18.8 Å². The second-order valence-electron chi connectivity index (χ2n) is 6.76. The van der Waals surface area contributed by atoms with Crippen LogP contribution in [0.5, 0.6) is 11.8 Å². The summed E-state index contributed by atoms with van der Waals surface area (Å²) in [5.74, 6) is -2.76. The maximum absolute atomic E-state index is 14.6. The highest BCUT2D eigenvalue weighted by atomic mass is 32.2. The van der Waals surface area contributed by atoms with Gasteiger partial charge in [0.2, 0.25) is 0 Å². The molecule has 0 radical (unpaired) electrons. The standard InChI is InChI=1S/C18H17F7N4O4S/c19-12-7-11(29-3-5-31-6-4-29)1-2-13(12)28-34(30)14-15(32-8-17(20,21)22)26-10-27-16(14)33-9-18(23,24)25/h1-2,7,10,28H,3-6,8-9H2. The number of nitrogens with one attached hydrogen (secondary N) is 1. The maximum atomic E-state index is 14.6. The Hall–Kier alpha value is -2.72. The Bertz CT molecular complexity index is 938. The van der Waals surface area contributed by atoms with Gasteiger partial charge in [-0.15, -0.1) is 0 Å². The molecule has 34 heavy (non-hydrogen) atoms. The van der Waals surface area contributed by atoms with Crippen molar-refractivity contribution in [2.75, 3.05) is 49.1 Å². The molecule has 0 aliphatic carbocycles. The van der Waals surface area contributed by atoms with E-state index in [9.17, 15) is 35.3 Å². The quantitative estimate of drug-likeness (QED) is 0.420. The largest absolute Gasteiger partial charge is 0.588 e. The zero-order chi connectivity index (χ0) is 24.9. The van der Waals surface area contributed by atoms with Crippen LogP contribution in [0, 0.1) is 5.82 Å². The van der Waals surface area contributed by atoms with Gasteiger partial charge in [-0.05, 0) is 18.2 Å². The first kappa shape index (κ1) is 25.9. The molecule has 8 nitrogen and oxygen atoms in total. The number of hydrogen-bond acceptors (Lipinski definition) is 8. The van der Waals surface area contributed by atoms with Gasteiger partial charge in [-0.1, -0.05) is 0 Å². The predicted molar refractivity (Wildman–Crippen MR) is 105 cm³/mol.